The zero-order valence-corrected chi connectivity index (χ0v) is 14.3. The molecule has 0 saturated carbocycles. The molecule has 7 nitrogen and oxygen atoms in total. The van der Waals surface area contributed by atoms with Crippen molar-refractivity contribution in [3.05, 3.63) is 53.9 Å². The third kappa shape index (κ3) is 3.77. The molecule has 1 amide bonds. The number of ether oxygens (including phenoxy) is 1. The zero-order valence-electron chi connectivity index (χ0n) is 14.3. The van der Waals surface area contributed by atoms with Crippen LogP contribution < -0.4 is 5.32 Å². The average molecular weight is 373 g/mol. The number of hydrogen-bond donors (Lipinski definition) is 1. The first-order valence-corrected chi connectivity index (χ1v) is 8.59. The first-order chi connectivity index (χ1) is 13.1. The van der Waals surface area contributed by atoms with Gasteiger partial charge in [-0.2, -0.15) is 0 Å². The number of halogens is 2. The van der Waals surface area contributed by atoms with Crippen molar-refractivity contribution >= 4 is 17.4 Å². The number of carbonyl (C=O) groups excluding carboxylic acids is 1. The molecule has 1 fully saturated rings. The van der Waals surface area contributed by atoms with Crippen LogP contribution in [0, 0.1) is 0 Å². The average Bonchev–Trinajstić information content (AvgIpc) is 3.12. The summed E-state index contributed by atoms with van der Waals surface area (Å²) in [5, 5.41) is 2.49. The summed E-state index contributed by atoms with van der Waals surface area (Å²) in [5.74, 6) is -0.150. The maximum atomic E-state index is 12.7. The molecule has 1 N–H and O–H groups in total. The standard InChI is InChI=1S/C18H17F2N5O2/c19-17(20)12-2-1-3-15(22-12)24-18(26)14-10-25-9-13(23-16(25)8-21-14)11-4-6-27-7-5-11/h1-3,8-11,17H,4-7H2,(H,22,24,26). The van der Waals surface area contributed by atoms with E-state index in [1.54, 1.807) is 10.6 Å². The summed E-state index contributed by atoms with van der Waals surface area (Å²) in [4.78, 5) is 24.8. The molecule has 0 spiro atoms. The van der Waals surface area contributed by atoms with Crippen LogP contribution in [0.3, 0.4) is 0 Å². The molecule has 0 bridgehead atoms. The summed E-state index contributed by atoms with van der Waals surface area (Å²) in [5.41, 5.74) is 1.34. The molecule has 0 atom stereocenters. The normalized spacial score (nSPS) is 15.4. The summed E-state index contributed by atoms with van der Waals surface area (Å²) in [6, 6.07) is 4.06. The molecule has 0 aliphatic carbocycles. The Hall–Kier alpha value is -2.94. The Balaban J connectivity index is 1.54. The Labute approximate surface area is 153 Å². The third-order valence-electron chi connectivity index (χ3n) is 4.47. The number of nitrogens with one attached hydrogen (secondary N) is 1. The number of imidazole rings is 1. The molecule has 0 aromatic carbocycles. The highest BCUT2D eigenvalue weighted by atomic mass is 19.3. The molecule has 3 aromatic rings. The summed E-state index contributed by atoms with van der Waals surface area (Å²) in [6.07, 6.45) is 4.09. The lowest BCUT2D eigenvalue weighted by Crippen LogP contribution is -2.15. The van der Waals surface area contributed by atoms with Crippen LogP contribution in [0.15, 0.2) is 36.8 Å². The number of rotatable bonds is 4. The van der Waals surface area contributed by atoms with Crippen molar-refractivity contribution in [3.63, 3.8) is 0 Å². The van der Waals surface area contributed by atoms with Crippen LogP contribution in [-0.2, 0) is 4.74 Å². The topological polar surface area (TPSA) is 81.4 Å². The second-order valence-corrected chi connectivity index (χ2v) is 6.29. The summed E-state index contributed by atoms with van der Waals surface area (Å²) in [7, 11) is 0. The van der Waals surface area contributed by atoms with Crippen LogP contribution >= 0.6 is 0 Å². The van der Waals surface area contributed by atoms with Crippen LogP contribution in [0.4, 0.5) is 14.6 Å². The number of hydrogen-bond acceptors (Lipinski definition) is 5. The lowest BCUT2D eigenvalue weighted by Gasteiger charge is -2.19. The van der Waals surface area contributed by atoms with Gasteiger partial charge in [0.2, 0.25) is 0 Å². The minimum Gasteiger partial charge on any atom is -0.381 e. The first kappa shape index (κ1) is 17.5. The first-order valence-electron chi connectivity index (χ1n) is 8.59. The minimum atomic E-state index is -2.70. The number of pyridine rings is 1. The fourth-order valence-electron chi connectivity index (χ4n) is 3.05. The van der Waals surface area contributed by atoms with Crippen molar-refractivity contribution in [1.29, 1.82) is 0 Å². The largest absolute Gasteiger partial charge is 0.381 e. The van der Waals surface area contributed by atoms with Crippen molar-refractivity contribution in [1.82, 2.24) is 19.4 Å². The van der Waals surface area contributed by atoms with E-state index >= 15 is 0 Å². The van der Waals surface area contributed by atoms with Gasteiger partial charge in [0, 0.05) is 31.5 Å². The fourth-order valence-corrected chi connectivity index (χ4v) is 3.05. The highest BCUT2D eigenvalue weighted by Crippen LogP contribution is 2.26. The molecule has 0 radical (unpaired) electrons. The summed E-state index contributed by atoms with van der Waals surface area (Å²) in [6.45, 7) is 1.43. The van der Waals surface area contributed by atoms with Gasteiger partial charge in [0.25, 0.3) is 12.3 Å². The van der Waals surface area contributed by atoms with Crippen LogP contribution in [0.2, 0.25) is 0 Å². The van der Waals surface area contributed by atoms with E-state index in [9.17, 15) is 13.6 Å². The van der Waals surface area contributed by atoms with Crippen molar-refractivity contribution in [2.45, 2.75) is 25.2 Å². The van der Waals surface area contributed by atoms with Gasteiger partial charge in [-0.15, -0.1) is 0 Å². The Morgan fingerprint density at radius 2 is 2.04 bits per heavy atom. The molecule has 3 aromatic heterocycles. The van der Waals surface area contributed by atoms with Gasteiger partial charge in [-0.05, 0) is 25.0 Å². The van der Waals surface area contributed by atoms with Crippen molar-refractivity contribution in [2.75, 3.05) is 18.5 Å². The second kappa shape index (κ2) is 7.36. The number of alkyl halides is 2. The number of fused-ring (bicyclic) bond motifs is 1. The molecule has 140 valence electrons. The predicted molar refractivity (Wildman–Crippen MR) is 92.9 cm³/mol. The maximum Gasteiger partial charge on any atom is 0.280 e. The van der Waals surface area contributed by atoms with Gasteiger partial charge in [-0.1, -0.05) is 6.07 Å². The number of aromatic nitrogens is 4. The Morgan fingerprint density at radius 1 is 1.22 bits per heavy atom. The molecule has 1 aliphatic rings. The summed E-state index contributed by atoms with van der Waals surface area (Å²) >= 11 is 0. The van der Waals surface area contributed by atoms with Crippen molar-refractivity contribution < 1.29 is 18.3 Å². The quantitative estimate of drug-likeness (QED) is 0.759. The highest BCUT2D eigenvalue weighted by molar-refractivity contribution is 6.02. The van der Waals surface area contributed by atoms with Gasteiger partial charge in [-0.3, -0.25) is 4.79 Å². The number of nitrogens with zero attached hydrogens (tertiary/aromatic N) is 4. The maximum absolute atomic E-state index is 12.7. The Kier molecular flexibility index (Phi) is 4.76. The number of amides is 1. The third-order valence-corrected chi connectivity index (χ3v) is 4.47. The van der Waals surface area contributed by atoms with E-state index in [1.165, 1.54) is 24.4 Å². The molecule has 9 heteroatoms. The highest BCUT2D eigenvalue weighted by Gasteiger charge is 2.19. The smallest absolute Gasteiger partial charge is 0.280 e. The molecular weight excluding hydrogens is 356 g/mol. The Morgan fingerprint density at radius 3 is 2.81 bits per heavy atom. The van der Waals surface area contributed by atoms with Gasteiger partial charge < -0.3 is 14.5 Å². The van der Waals surface area contributed by atoms with Gasteiger partial charge in [-0.25, -0.2) is 23.7 Å². The monoisotopic (exact) mass is 373 g/mol. The molecule has 0 unspecified atom stereocenters. The van der Waals surface area contributed by atoms with Gasteiger partial charge in [0.15, 0.2) is 5.65 Å². The molecule has 4 heterocycles. The predicted octanol–water partition coefficient (Wildman–Crippen LogP) is 3.21. The van der Waals surface area contributed by atoms with Crippen LogP contribution in [0.5, 0.6) is 0 Å². The molecular formula is C18H17F2N5O2. The van der Waals surface area contributed by atoms with Crippen molar-refractivity contribution in [3.8, 4) is 0 Å². The van der Waals surface area contributed by atoms with Gasteiger partial charge >= 0.3 is 0 Å². The van der Waals surface area contributed by atoms with Gasteiger partial charge in [0.05, 0.1) is 11.9 Å². The minimum absolute atomic E-state index is 0.0493. The lowest BCUT2D eigenvalue weighted by molar-refractivity contribution is 0.0846. The van der Waals surface area contributed by atoms with Gasteiger partial charge in [0.1, 0.15) is 17.2 Å². The molecule has 4 rings (SSSR count). The van der Waals surface area contributed by atoms with E-state index in [-0.39, 0.29) is 11.5 Å². The summed E-state index contributed by atoms with van der Waals surface area (Å²) < 4.78 is 32.6. The van der Waals surface area contributed by atoms with Crippen molar-refractivity contribution in [2.24, 2.45) is 0 Å². The molecule has 1 saturated heterocycles. The van der Waals surface area contributed by atoms with E-state index in [4.69, 9.17) is 4.74 Å². The zero-order chi connectivity index (χ0) is 18.8. The van der Waals surface area contributed by atoms with E-state index < -0.39 is 18.0 Å². The van der Waals surface area contributed by atoms with Crippen LogP contribution in [0.1, 0.15) is 47.1 Å². The van der Waals surface area contributed by atoms with E-state index in [0.29, 0.717) is 11.6 Å². The van der Waals surface area contributed by atoms with E-state index in [1.807, 2.05) is 6.20 Å². The number of carbonyl (C=O) groups is 1. The number of anilines is 1. The van der Waals surface area contributed by atoms with Crippen LogP contribution in [-0.4, -0.2) is 38.5 Å². The Bertz CT molecular complexity index is 969. The van der Waals surface area contributed by atoms with Crippen LogP contribution in [0.25, 0.3) is 5.65 Å². The lowest BCUT2D eigenvalue weighted by atomic mass is 9.97. The van der Waals surface area contributed by atoms with E-state index in [2.05, 4.69) is 20.3 Å². The fraction of sp³-hybridized carbons (Fsp3) is 0.333. The SMILES string of the molecule is O=C(Nc1cccc(C(F)F)n1)c1cn2cc(C3CCOCC3)nc2cn1. The molecule has 1 aliphatic heterocycles. The van der Waals surface area contributed by atoms with E-state index in [0.717, 1.165) is 31.7 Å². The molecule has 27 heavy (non-hydrogen) atoms. The second-order valence-electron chi connectivity index (χ2n) is 6.29.